The van der Waals surface area contributed by atoms with E-state index in [0.29, 0.717) is 13.2 Å². The number of ether oxygens (including phenoxy) is 1. The molecule has 0 saturated carbocycles. The lowest BCUT2D eigenvalue weighted by atomic mass is 9.88. The van der Waals surface area contributed by atoms with E-state index in [9.17, 15) is 0 Å². The molecule has 76 valence electrons. The van der Waals surface area contributed by atoms with Gasteiger partial charge in [0.1, 0.15) is 5.54 Å². The van der Waals surface area contributed by atoms with Gasteiger partial charge in [0.15, 0.2) is 0 Å². The fraction of sp³-hybridized carbons (Fsp3) is 0.889. The van der Waals surface area contributed by atoms with E-state index in [1.807, 2.05) is 13.8 Å². The maximum atomic E-state index is 9.03. The zero-order valence-corrected chi connectivity index (χ0v) is 8.50. The molecule has 0 amide bonds. The first kappa shape index (κ1) is 12.4. The molecule has 1 unspecified atom stereocenters. The first-order chi connectivity index (χ1) is 6.13. The minimum Gasteiger partial charge on any atom is -0.395 e. The lowest BCUT2D eigenvalue weighted by Crippen LogP contribution is -2.53. The van der Waals surface area contributed by atoms with Gasteiger partial charge in [0.25, 0.3) is 0 Å². The van der Waals surface area contributed by atoms with Crippen LogP contribution in [-0.2, 0) is 4.74 Å². The van der Waals surface area contributed by atoms with Gasteiger partial charge in [-0.05, 0) is 5.92 Å². The summed E-state index contributed by atoms with van der Waals surface area (Å²) in [4.78, 5) is 0. The summed E-state index contributed by atoms with van der Waals surface area (Å²) in [6, 6.07) is 2.20. The monoisotopic (exact) mass is 186 g/mol. The Balaban J connectivity index is 4.38. The first-order valence-electron chi connectivity index (χ1n) is 4.39. The highest BCUT2D eigenvalue weighted by atomic mass is 16.5. The van der Waals surface area contributed by atoms with Gasteiger partial charge >= 0.3 is 0 Å². The summed E-state index contributed by atoms with van der Waals surface area (Å²) in [5, 5.41) is 20.7. The van der Waals surface area contributed by atoms with Crippen molar-refractivity contribution in [2.24, 2.45) is 5.92 Å². The summed E-state index contributed by atoms with van der Waals surface area (Å²) in [7, 11) is 1.56. The molecule has 2 N–H and O–H groups in total. The van der Waals surface area contributed by atoms with Crippen molar-refractivity contribution in [2.75, 3.05) is 26.9 Å². The molecule has 0 aromatic rings. The summed E-state index contributed by atoms with van der Waals surface area (Å²) < 4.78 is 4.99. The average Bonchev–Trinajstić information content (AvgIpc) is 2.12. The summed E-state index contributed by atoms with van der Waals surface area (Å²) >= 11 is 0. The number of hydrogen-bond acceptors (Lipinski definition) is 4. The van der Waals surface area contributed by atoms with Crippen molar-refractivity contribution in [3.8, 4) is 6.07 Å². The SMILES string of the molecule is COCC(C#N)(NCCO)C(C)C. The normalized spacial score (nSPS) is 15.4. The third-order valence-electron chi connectivity index (χ3n) is 2.11. The Morgan fingerprint density at radius 1 is 1.62 bits per heavy atom. The van der Waals surface area contributed by atoms with Crippen LogP contribution in [0, 0.1) is 17.2 Å². The van der Waals surface area contributed by atoms with Crippen molar-refractivity contribution in [3.05, 3.63) is 0 Å². The Hall–Kier alpha value is -0.630. The van der Waals surface area contributed by atoms with Gasteiger partial charge in [0, 0.05) is 13.7 Å². The number of nitrogens with one attached hydrogen (secondary N) is 1. The van der Waals surface area contributed by atoms with Gasteiger partial charge in [-0.3, -0.25) is 5.32 Å². The number of hydrogen-bond donors (Lipinski definition) is 2. The van der Waals surface area contributed by atoms with Crippen molar-refractivity contribution in [1.82, 2.24) is 5.32 Å². The number of aliphatic hydroxyl groups excluding tert-OH is 1. The lowest BCUT2D eigenvalue weighted by molar-refractivity contribution is 0.107. The Labute approximate surface area is 79.5 Å². The van der Waals surface area contributed by atoms with Crippen LogP contribution in [0.5, 0.6) is 0 Å². The molecule has 0 fully saturated rings. The van der Waals surface area contributed by atoms with Crippen molar-refractivity contribution >= 4 is 0 Å². The minimum atomic E-state index is -0.683. The number of methoxy groups -OCH3 is 1. The molecular weight excluding hydrogens is 168 g/mol. The highest BCUT2D eigenvalue weighted by Gasteiger charge is 2.33. The largest absolute Gasteiger partial charge is 0.395 e. The number of nitriles is 1. The molecule has 0 rings (SSSR count). The third-order valence-corrected chi connectivity index (χ3v) is 2.11. The average molecular weight is 186 g/mol. The van der Waals surface area contributed by atoms with E-state index in [1.54, 1.807) is 7.11 Å². The van der Waals surface area contributed by atoms with Crippen LogP contribution in [0.2, 0.25) is 0 Å². The quantitative estimate of drug-likeness (QED) is 0.619. The van der Waals surface area contributed by atoms with Gasteiger partial charge in [0.05, 0.1) is 19.3 Å². The van der Waals surface area contributed by atoms with Crippen LogP contribution in [-0.4, -0.2) is 37.5 Å². The van der Waals surface area contributed by atoms with E-state index < -0.39 is 5.54 Å². The van der Waals surface area contributed by atoms with Gasteiger partial charge in [-0.15, -0.1) is 0 Å². The molecule has 0 aliphatic rings. The second kappa shape index (κ2) is 5.92. The van der Waals surface area contributed by atoms with E-state index in [0.717, 1.165) is 0 Å². The molecule has 0 aliphatic heterocycles. The van der Waals surface area contributed by atoms with Crippen LogP contribution in [0.15, 0.2) is 0 Å². The smallest absolute Gasteiger partial charge is 0.132 e. The molecule has 0 aliphatic carbocycles. The van der Waals surface area contributed by atoms with E-state index in [4.69, 9.17) is 15.1 Å². The number of rotatable bonds is 6. The molecule has 13 heavy (non-hydrogen) atoms. The van der Waals surface area contributed by atoms with Gasteiger partial charge < -0.3 is 9.84 Å². The molecule has 4 nitrogen and oxygen atoms in total. The lowest BCUT2D eigenvalue weighted by Gasteiger charge is -2.30. The molecule has 4 heteroatoms. The van der Waals surface area contributed by atoms with Crippen LogP contribution in [0.1, 0.15) is 13.8 Å². The highest BCUT2D eigenvalue weighted by molar-refractivity contribution is 5.09. The summed E-state index contributed by atoms with van der Waals surface area (Å²) in [6.45, 7) is 4.68. The van der Waals surface area contributed by atoms with E-state index in [2.05, 4.69) is 11.4 Å². The number of nitrogens with zero attached hydrogens (tertiary/aromatic N) is 1. The van der Waals surface area contributed by atoms with Crippen molar-refractivity contribution in [2.45, 2.75) is 19.4 Å². The fourth-order valence-corrected chi connectivity index (χ4v) is 1.13. The molecule has 0 saturated heterocycles. The molecule has 0 aromatic heterocycles. The van der Waals surface area contributed by atoms with E-state index in [1.165, 1.54) is 0 Å². The maximum Gasteiger partial charge on any atom is 0.132 e. The Kier molecular flexibility index (Phi) is 5.63. The zero-order chi connectivity index (χ0) is 10.3. The number of aliphatic hydroxyl groups is 1. The van der Waals surface area contributed by atoms with Crippen molar-refractivity contribution in [1.29, 1.82) is 5.26 Å². The molecule has 0 spiro atoms. The van der Waals surface area contributed by atoms with Crippen LogP contribution in [0.3, 0.4) is 0 Å². The fourth-order valence-electron chi connectivity index (χ4n) is 1.13. The van der Waals surface area contributed by atoms with Gasteiger partial charge in [-0.1, -0.05) is 13.8 Å². The standard InChI is InChI=1S/C9H18N2O2/c1-8(2)9(6-10,7-13-3)11-4-5-12/h8,11-12H,4-5,7H2,1-3H3. The second-order valence-corrected chi connectivity index (χ2v) is 3.32. The van der Waals surface area contributed by atoms with Crippen molar-refractivity contribution < 1.29 is 9.84 Å². The summed E-state index contributed by atoms with van der Waals surface area (Å²) in [6.07, 6.45) is 0. The molecular formula is C9H18N2O2. The minimum absolute atomic E-state index is 0.0276. The van der Waals surface area contributed by atoms with Crippen molar-refractivity contribution in [3.63, 3.8) is 0 Å². The van der Waals surface area contributed by atoms with Gasteiger partial charge in [-0.2, -0.15) is 5.26 Å². The Morgan fingerprint density at radius 2 is 2.23 bits per heavy atom. The van der Waals surface area contributed by atoms with E-state index in [-0.39, 0.29) is 12.5 Å². The molecule has 0 heterocycles. The molecule has 0 radical (unpaired) electrons. The molecule has 0 aromatic carbocycles. The van der Waals surface area contributed by atoms with Crippen LogP contribution < -0.4 is 5.32 Å². The third kappa shape index (κ3) is 3.31. The van der Waals surface area contributed by atoms with Crippen LogP contribution >= 0.6 is 0 Å². The molecule has 1 atom stereocenters. The molecule has 0 bridgehead atoms. The Bertz CT molecular complexity index is 177. The van der Waals surface area contributed by atoms with Gasteiger partial charge in [-0.25, -0.2) is 0 Å². The zero-order valence-electron chi connectivity index (χ0n) is 8.50. The van der Waals surface area contributed by atoms with E-state index >= 15 is 0 Å². The predicted octanol–water partition coefficient (Wildman–Crippen LogP) is 0.133. The predicted molar refractivity (Wildman–Crippen MR) is 50.1 cm³/mol. The first-order valence-corrected chi connectivity index (χ1v) is 4.39. The topological polar surface area (TPSA) is 65.3 Å². The van der Waals surface area contributed by atoms with Gasteiger partial charge in [0.2, 0.25) is 0 Å². The maximum absolute atomic E-state index is 9.03. The second-order valence-electron chi connectivity index (χ2n) is 3.32. The van der Waals surface area contributed by atoms with Crippen LogP contribution in [0.4, 0.5) is 0 Å². The number of β-amino-alcohol motifs (C(OH)–C–C–N with tert-alkyl or cyclic N) is 1. The van der Waals surface area contributed by atoms with Crippen LogP contribution in [0.25, 0.3) is 0 Å². The summed E-state index contributed by atoms with van der Waals surface area (Å²) in [5.41, 5.74) is -0.683. The Morgan fingerprint density at radius 3 is 2.54 bits per heavy atom. The summed E-state index contributed by atoms with van der Waals surface area (Å²) in [5.74, 6) is 0.143. The highest BCUT2D eigenvalue weighted by Crippen LogP contribution is 2.16.